The summed E-state index contributed by atoms with van der Waals surface area (Å²) in [6.45, 7) is 2.80. The number of benzene rings is 1. The van der Waals surface area contributed by atoms with Gasteiger partial charge in [-0.15, -0.1) is 0 Å². The first-order valence-corrected chi connectivity index (χ1v) is 23.0. The van der Waals surface area contributed by atoms with Gasteiger partial charge in [-0.3, -0.25) is 38.4 Å². The lowest BCUT2D eigenvalue weighted by atomic mass is 10.1. The van der Waals surface area contributed by atoms with E-state index in [9.17, 15) is 58.2 Å². The molecule has 1 aromatic rings. The fraction of sp³-hybridized carbons (Fsp3) is 0.636. The van der Waals surface area contributed by atoms with Crippen molar-refractivity contribution in [2.24, 2.45) is 5.73 Å². The number of rotatable bonds is 42. The van der Waals surface area contributed by atoms with Crippen molar-refractivity contribution in [2.45, 2.75) is 95.3 Å². The third-order valence-corrected chi connectivity index (χ3v) is 9.85. The number of unbranched alkanes of at least 4 members (excludes halogenated alkanes) is 1. The van der Waals surface area contributed by atoms with Gasteiger partial charge in [0, 0.05) is 56.7 Å². The number of likely N-dealkylation sites (N-methyl/N-ethyl adjacent to an activating group) is 1. The van der Waals surface area contributed by atoms with Gasteiger partial charge in [0.15, 0.2) is 0 Å². The van der Waals surface area contributed by atoms with Gasteiger partial charge >= 0.3 is 17.9 Å². The van der Waals surface area contributed by atoms with E-state index in [1.54, 1.807) is 12.1 Å². The SMILES string of the molecule is CCCNc1ccc(C(=O)NCCCCC(NC(=O)COCCOCCNC(=O)CCC(NC(=O)CCC(NC(=O)COCCOCCNC(=O)CCC(NC)C(=O)O)C(=O)O)C(=O)O)C(N)=O)cc1. The third-order valence-electron chi connectivity index (χ3n) is 9.85. The van der Waals surface area contributed by atoms with E-state index in [2.05, 4.69) is 49.5 Å². The molecule has 7 amide bonds. The van der Waals surface area contributed by atoms with Crippen molar-refractivity contribution < 1.29 is 82.2 Å². The van der Waals surface area contributed by atoms with Crippen LogP contribution in [0.5, 0.6) is 0 Å². The molecule has 0 aliphatic heterocycles. The van der Waals surface area contributed by atoms with Crippen LogP contribution in [0.15, 0.2) is 24.3 Å². The molecule has 4 atom stereocenters. The molecule has 0 saturated carbocycles. The second kappa shape index (κ2) is 37.4. The number of carboxylic acids is 3. The molecule has 0 spiro atoms. The molecule has 13 N–H and O–H groups in total. The number of carbonyl (C=O) groups is 10. The van der Waals surface area contributed by atoms with Gasteiger partial charge in [0.05, 0.1) is 39.6 Å². The number of anilines is 1. The van der Waals surface area contributed by atoms with Crippen LogP contribution in [0.25, 0.3) is 0 Å². The minimum Gasteiger partial charge on any atom is -0.480 e. The largest absolute Gasteiger partial charge is 0.480 e. The Bertz CT molecular complexity index is 1810. The zero-order valence-electron chi connectivity index (χ0n) is 39.8. The smallest absolute Gasteiger partial charge is 0.326 e. The van der Waals surface area contributed by atoms with E-state index in [0.717, 1.165) is 18.7 Å². The Hall–Kier alpha value is -6.48. The zero-order valence-corrected chi connectivity index (χ0v) is 39.8. The van der Waals surface area contributed by atoms with Gasteiger partial charge in [-0.05, 0) is 76.3 Å². The Balaban J connectivity index is 2.20. The van der Waals surface area contributed by atoms with Gasteiger partial charge in [0.1, 0.15) is 37.4 Å². The van der Waals surface area contributed by atoms with Crippen molar-refractivity contribution in [3.8, 4) is 0 Å². The maximum absolute atomic E-state index is 12.5. The molecule has 1 rings (SSSR count). The van der Waals surface area contributed by atoms with Crippen molar-refractivity contribution in [2.75, 3.05) is 91.4 Å². The van der Waals surface area contributed by atoms with Crippen LogP contribution in [-0.2, 0) is 62.1 Å². The number of carboxylic acid groups (broad SMARTS) is 3. The maximum atomic E-state index is 12.5. The summed E-state index contributed by atoms with van der Waals surface area (Å²) in [6.07, 6.45) is 0.994. The van der Waals surface area contributed by atoms with Gasteiger partial charge in [-0.25, -0.2) is 9.59 Å². The van der Waals surface area contributed by atoms with E-state index in [4.69, 9.17) is 29.8 Å². The third kappa shape index (κ3) is 30.1. The fourth-order valence-corrected chi connectivity index (χ4v) is 6.01. The normalized spacial score (nSPS) is 12.5. The Morgan fingerprint density at radius 2 is 0.971 bits per heavy atom. The van der Waals surface area contributed by atoms with E-state index < -0.39 is 84.6 Å². The van der Waals surface area contributed by atoms with Crippen LogP contribution in [0.3, 0.4) is 0 Å². The van der Waals surface area contributed by atoms with Gasteiger partial charge in [0.25, 0.3) is 5.91 Å². The summed E-state index contributed by atoms with van der Waals surface area (Å²) in [5, 5.41) is 48.8. The summed E-state index contributed by atoms with van der Waals surface area (Å²) < 4.78 is 21.1. The Kier molecular flexibility index (Phi) is 32.9. The number of ether oxygens (including phenoxy) is 4. The quantitative estimate of drug-likeness (QED) is 0.0310. The summed E-state index contributed by atoms with van der Waals surface area (Å²) >= 11 is 0. The predicted octanol–water partition coefficient (Wildman–Crippen LogP) is -2.17. The monoisotopic (exact) mass is 997 g/mol. The summed E-state index contributed by atoms with van der Waals surface area (Å²) in [7, 11) is 1.48. The van der Waals surface area contributed by atoms with Crippen molar-refractivity contribution in [1.29, 1.82) is 0 Å². The minimum absolute atomic E-state index is 0.00247. The zero-order chi connectivity index (χ0) is 52.1. The van der Waals surface area contributed by atoms with Gasteiger partial charge in [0.2, 0.25) is 35.4 Å². The molecule has 0 aliphatic carbocycles. The molecule has 0 aliphatic rings. The van der Waals surface area contributed by atoms with Crippen LogP contribution >= 0.6 is 0 Å². The van der Waals surface area contributed by atoms with E-state index in [-0.39, 0.29) is 110 Å². The highest BCUT2D eigenvalue weighted by atomic mass is 16.5. The molecule has 394 valence electrons. The highest BCUT2D eigenvalue weighted by molar-refractivity contribution is 5.94. The predicted molar refractivity (Wildman–Crippen MR) is 249 cm³/mol. The summed E-state index contributed by atoms with van der Waals surface area (Å²) in [5.41, 5.74) is 6.90. The van der Waals surface area contributed by atoms with Crippen molar-refractivity contribution in [1.82, 2.24) is 37.2 Å². The first kappa shape index (κ1) is 61.5. The van der Waals surface area contributed by atoms with Crippen LogP contribution in [-0.4, -0.2) is 185 Å². The number of nitrogens with two attached hydrogens (primary N) is 1. The molecule has 0 bridgehead atoms. The number of primary amides is 1. The molecule has 1 aromatic carbocycles. The lowest BCUT2D eigenvalue weighted by Gasteiger charge is -2.17. The highest BCUT2D eigenvalue weighted by Crippen LogP contribution is 2.10. The summed E-state index contributed by atoms with van der Waals surface area (Å²) in [5.74, 6) is -7.94. The Labute approximate surface area is 405 Å². The molecular formula is C44H71N9O17. The van der Waals surface area contributed by atoms with Crippen LogP contribution in [0.1, 0.15) is 81.5 Å². The topological polar surface area (TPSA) is 391 Å². The van der Waals surface area contributed by atoms with Crippen LogP contribution in [0.2, 0.25) is 0 Å². The van der Waals surface area contributed by atoms with Crippen LogP contribution < -0.4 is 48.3 Å². The lowest BCUT2D eigenvalue weighted by molar-refractivity contribution is -0.144. The second-order valence-corrected chi connectivity index (χ2v) is 15.5. The molecule has 4 unspecified atom stereocenters. The Morgan fingerprint density at radius 3 is 1.44 bits per heavy atom. The molecular weight excluding hydrogens is 927 g/mol. The van der Waals surface area contributed by atoms with E-state index in [1.165, 1.54) is 7.05 Å². The molecule has 0 heterocycles. The maximum Gasteiger partial charge on any atom is 0.326 e. The first-order valence-electron chi connectivity index (χ1n) is 23.0. The lowest BCUT2D eigenvalue weighted by Crippen LogP contribution is -2.45. The molecule has 0 radical (unpaired) electrons. The summed E-state index contributed by atoms with van der Waals surface area (Å²) in [4.78, 5) is 120. The van der Waals surface area contributed by atoms with Crippen molar-refractivity contribution >= 4 is 64.9 Å². The number of nitrogens with one attached hydrogen (secondary N) is 8. The number of hydrogen-bond acceptors (Lipinski definition) is 16. The highest BCUT2D eigenvalue weighted by Gasteiger charge is 2.25. The van der Waals surface area contributed by atoms with E-state index >= 15 is 0 Å². The Morgan fingerprint density at radius 1 is 0.514 bits per heavy atom. The standard InChI is InChI=1S/C44H71N9O17/c1-3-17-47-30-9-7-29(8-10-30)41(60)50-18-5-4-6-31(40(45)59)51-38(57)27-69-25-23-68-22-20-49-36(55)15-12-33(43(63)64)52-37(56)16-13-34(44(65)66)53-39(58)28-70-26-24-67-21-19-48-35(54)14-11-32(46-2)42(61)62/h7-10,31-34,46-47H,3-6,11-28H2,1-2H3,(H2,45,59)(H,48,54)(H,49,55)(H,50,60)(H,51,57)(H,52,56)(H,53,58)(H,61,62)(H,63,64)(H,65,66). The number of aliphatic carboxylic acids is 3. The van der Waals surface area contributed by atoms with E-state index in [0.29, 0.717) is 24.9 Å². The summed E-state index contributed by atoms with van der Waals surface area (Å²) in [6, 6.07) is 2.40. The van der Waals surface area contributed by atoms with Gasteiger partial charge in [-0.1, -0.05) is 6.92 Å². The van der Waals surface area contributed by atoms with Gasteiger partial charge < -0.3 is 82.5 Å². The van der Waals surface area contributed by atoms with Crippen molar-refractivity contribution in [3.63, 3.8) is 0 Å². The first-order chi connectivity index (χ1) is 33.5. The molecule has 26 nitrogen and oxygen atoms in total. The van der Waals surface area contributed by atoms with E-state index in [1.807, 2.05) is 12.1 Å². The number of hydrogen-bond donors (Lipinski definition) is 12. The number of carbonyl (C=O) groups excluding carboxylic acids is 7. The van der Waals surface area contributed by atoms with Crippen LogP contribution in [0, 0.1) is 0 Å². The number of amides is 7. The van der Waals surface area contributed by atoms with Crippen molar-refractivity contribution in [3.05, 3.63) is 29.8 Å². The molecule has 0 saturated heterocycles. The molecule has 70 heavy (non-hydrogen) atoms. The average Bonchev–Trinajstić information content (AvgIpc) is 3.31. The van der Waals surface area contributed by atoms with Crippen LogP contribution in [0.4, 0.5) is 5.69 Å². The fourth-order valence-electron chi connectivity index (χ4n) is 6.01. The minimum atomic E-state index is -1.50. The molecule has 0 aromatic heterocycles. The molecule has 26 heteroatoms. The van der Waals surface area contributed by atoms with Gasteiger partial charge in [-0.2, -0.15) is 0 Å². The average molecular weight is 998 g/mol. The second-order valence-electron chi connectivity index (χ2n) is 15.5. The molecule has 0 fully saturated rings.